The molecule has 0 spiro atoms. The number of aromatic nitrogens is 1. The summed E-state index contributed by atoms with van der Waals surface area (Å²) in [6, 6.07) is 1.91. The van der Waals surface area contributed by atoms with Crippen LogP contribution in [0, 0.1) is 0 Å². The zero-order chi connectivity index (χ0) is 14.0. The van der Waals surface area contributed by atoms with E-state index in [0.717, 1.165) is 18.2 Å². The van der Waals surface area contributed by atoms with Crippen LogP contribution in [-0.2, 0) is 20.7 Å². The van der Waals surface area contributed by atoms with Gasteiger partial charge in [0.2, 0.25) is 0 Å². The third-order valence-electron chi connectivity index (χ3n) is 3.19. The minimum atomic E-state index is -3.41. The molecule has 1 aromatic heterocycles. The Labute approximate surface area is 112 Å². The number of carbonyl (C=O) groups excluding carboxylic acids is 1. The van der Waals surface area contributed by atoms with E-state index < -0.39 is 10.1 Å². The van der Waals surface area contributed by atoms with Gasteiger partial charge in [-0.2, -0.15) is 8.42 Å². The Morgan fingerprint density at radius 1 is 1.53 bits per heavy atom. The molecule has 1 aromatic rings. The Morgan fingerprint density at radius 2 is 2.26 bits per heavy atom. The van der Waals surface area contributed by atoms with Crippen molar-refractivity contribution in [2.24, 2.45) is 0 Å². The van der Waals surface area contributed by atoms with Crippen molar-refractivity contribution >= 4 is 16.0 Å². The van der Waals surface area contributed by atoms with Gasteiger partial charge in [-0.05, 0) is 24.5 Å². The van der Waals surface area contributed by atoms with E-state index >= 15 is 0 Å². The summed E-state index contributed by atoms with van der Waals surface area (Å²) in [5.41, 5.74) is 1.73. The lowest BCUT2D eigenvalue weighted by atomic mass is 10.1. The predicted octanol–water partition coefficient (Wildman–Crippen LogP) is 0.701. The lowest BCUT2D eigenvalue weighted by Crippen LogP contribution is -2.38. The van der Waals surface area contributed by atoms with Gasteiger partial charge >= 0.3 is 0 Å². The van der Waals surface area contributed by atoms with E-state index in [0.29, 0.717) is 18.7 Å². The molecule has 1 unspecified atom stereocenters. The van der Waals surface area contributed by atoms with Crippen LogP contribution >= 0.6 is 0 Å². The minimum Gasteiger partial charge on any atom is -0.349 e. The van der Waals surface area contributed by atoms with Crippen molar-refractivity contribution in [1.29, 1.82) is 0 Å². The number of aryl methyl sites for hydroxylation is 1. The lowest BCUT2D eigenvalue weighted by Gasteiger charge is -2.26. The van der Waals surface area contributed by atoms with Crippen LogP contribution in [0.3, 0.4) is 0 Å². The second-order valence-electron chi connectivity index (χ2n) is 4.67. The maximum absolute atomic E-state index is 11.7. The van der Waals surface area contributed by atoms with E-state index in [9.17, 15) is 13.2 Å². The molecule has 6 nitrogen and oxygen atoms in total. The summed E-state index contributed by atoms with van der Waals surface area (Å²) in [6.07, 6.45) is 4.39. The van der Waals surface area contributed by atoms with Crippen LogP contribution in [0.1, 0.15) is 35.4 Å². The summed E-state index contributed by atoms with van der Waals surface area (Å²) >= 11 is 0. The van der Waals surface area contributed by atoms with Gasteiger partial charge in [0.25, 0.3) is 16.0 Å². The molecule has 1 aliphatic rings. The summed E-state index contributed by atoms with van der Waals surface area (Å²) in [6.45, 7) is 2.65. The molecule has 0 saturated heterocycles. The van der Waals surface area contributed by atoms with E-state index in [1.54, 1.807) is 0 Å². The van der Waals surface area contributed by atoms with Gasteiger partial charge in [-0.3, -0.25) is 8.98 Å². The van der Waals surface area contributed by atoms with Gasteiger partial charge in [0.1, 0.15) is 5.69 Å². The Morgan fingerprint density at radius 3 is 2.89 bits per heavy atom. The Kier molecular flexibility index (Phi) is 3.96. The van der Waals surface area contributed by atoms with Crippen LogP contribution in [0.25, 0.3) is 0 Å². The number of rotatable bonds is 5. The molecule has 7 heteroatoms. The number of amides is 1. The first-order valence-corrected chi connectivity index (χ1v) is 8.05. The number of nitrogens with one attached hydrogen (secondary N) is 1. The van der Waals surface area contributed by atoms with E-state index in [2.05, 4.69) is 5.32 Å². The number of fused-ring (bicyclic) bond motifs is 1. The van der Waals surface area contributed by atoms with Crippen molar-refractivity contribution in [3.05, 3.63) is 23.5 Å². The molecule has 0 bridgehead atoms. The largest absolute Gasteiger partial charge is 0.349 e. The molecule has 0 radical (unpaired) electrons. The SMILES string of the molecule is CCc1cc2n(c1)C(CCOS(C)(=O)=O)CNC2=O. The first-order valence-electron chi connectivity index (χ1n) is 6.24. The molecular weight excluding hydrogens is 268 g/mol. The fourth-order valence-corrected chi connectivity index (χ4v) is 2.59. The van der Waals surface area contributed by atoms with E-state index in [4.69, 9.17) is 4.18 Å². The van der Waals surface area contributed by atoms with Gasteiger partial charge in [-0.25, -0.2) is 0 Å². The van der Waals surface area contributed by atoms with Crippen molar-refractivity contribution < 1.29 is 17.4 Å². The summed E-state index contributed by atoms with van der Waals surface area (Å²) < 4.78 is 28.5. The van der Waals surface area contributed by atoms with Gasteiger partial charge in [-0.15, -0.1) is 0 Å². The molecule has 0 aliphatic carbocycles. The fourth-order valence-electron chi connectivity index (χ4n) is 2.19. The Hall–Kier alpha value is -1.34. The highest BCUT2D eigenvalue weighted by molar-refractivity contribution is 7.85. The molecule has 1 atom stereocenters. The monoisotopic (exact) mass is 286 g/mol. The Balaban J connectivity index is 2.10. The van der Waals surface area contributed by atoms with Gasteiger partial charge in [-0.1, -0.05) is 6.92 Å². The van der Waals surface area contributed by atoms with Crippen LogP contribution in [-0.4, -0.2) is 38.3 Å². The third kappa shape index (κ3) is 3.36. The second-order valence-corrected chi connectivity index (χ2v) is 6.32. The number of carbonyl (C=O) groups is 1. The van der Waals surface area contributed by atoms with Crippen LogP contribution < -0.4 is 5.32 Å². The molecule has 2 rings (SSSR count). The van der Waals surface area contributed by atoms with Crippen molar-refractivity contribution in [2.45, 2.75) is 25.8 Å². The van der Waals surface area contributed by atoms with Gasteiger partial charge in [0, 0.05) is 12.7 Å². The normalized spacial score (nSPS) is 19.1. The lowest BCUT2D eigenvalue weighted by molar-refractivity contribution is 0.0909. The van der Waals surface area contributed by atoms with Gasteiger partial charge < -0.3 is 9.88 Å². The maximum atomic E-state index is 11.7. The minimum absolute atomic E-state index is 0.0368. The van der Waals surface area contributed by atoms with Crippen molar-refractivity contribution in [2.75, 3.05) is 19.4 Å². The summed E-state index contributed by atoms with van der Waals surface area (Å²) in [5.74, 6) is -0.0834. The molecule has 106 valence electrons. The third-order valence-corrected chi connectivity index (χ3v) is 3.78. The quantitative estimate of drug-likeness (QED) is 0.808. The number of hydrogen-bond donors (Lipinski definition) is 1. The summed E-state index contributed by atoms with van der Waals surface area (Å²) in [4.78, 5) is 11.7. The average molecular weight is 286 g/mol. The standard InChI is InChI=1S/C12H18N2O4S/c1-3-9-6-11-12(15)13-7-10(14(11)8-9)4-5-18-19(2,16)17/h6,8,10H,3-5,7H2,1-2H3,(H,13,15). The first-order chi connectivity index (χ1) is 8.90. The van der Waals surface area contributed by atoms with E-state index in [-0.39, 0.29) is 18.6 Å². The molecule has 1 N–H and O–H groups in total. The molecule has 19 heavy (non-hydrogen) atoms. The predicted molar refractivity (Wildman–Crippen MR) is 70.6 cm³/mol. The van der Waals surface area contributed by atoms with Crippen LogP contribution in [0.4, 0.5) is 0 Å². The van der Waals surface area contributed by atoms with Crippen LogP contribution in [0.5, 0.6) is 0 Å². The molecule has 0 fully saturated rings. The summed E-state index contributed by atoms with van der Waals surface area (Å²) in [7, 11) is -3.41. The average Bonchev–Trinajstić information content (AvgIpc) is 2.76. The van der Waals surface area contributed by atoms with E-state index in [1.165, 1.54) is 0 Å². The van der Waals surface area contributed by atoms with Crippen molar-refractivity contribution in [1.82, 2.24) is 9.88 Å². The summed E-state index contributed by atoms with van der Waals surface area (Å²) in [5, 5.41) is 2.81. The maximum Gasteiger partial charge on any atom is 0.267 e. The molecule has 1 amide bonds. The van der Waals surface area contributed by atoms with Crippen LogP contribution in [0.15, 0.2) is 12.3 Å². The van der Waals surface area contributed by atoms with Crippen LogP contribution in [0.2, 0.25) is 0 Å². The molecule has 1 aliphatic heterocycles. The topological polar surface area (TPSA) is 77.4 Å². The Bertz CT molecular complexity index is 577. The highest BCUT2D eigenvalue weighted by Gasteiger charge is 2.25. The number of nitrogens with zero attached hydrogens (tertiary/aromatic N) is 1. The fraction of sp³-hybridized carbons (Fsp3) is 0.583. The molecule has 0 saturated carbocycles. The zero-order valence-corrected chi connectivity index (χ0v) is 11.9. The van der Waals surface area contributed by atoms with Gasteiger partial charge in [0.15, 0.2) is 0 Å². The van der Waals surface area contributed by atoms with E-state index in [1.807, 2.05) is 23.8 Å². The zero-order valence-electron chi connectivity index (χ0n) is 11.0. The highest BCUT2D eigenvalue weighted by Crippen LogP contribution is 2.22. The second kappa shape index (κ2) is 5.34. The van der Waals surface area contributed by atoms with Gasteiger partial charge in [0.05, 0.1) is 18.9 Å². The molecule has 2 heterocycles. The molecular formula is C12H18N2O4S. The smallest absolute Gasteiger partial charge is 0.267 e. The van der Waals surface area contributed by atoms with Crippen molar-refractivity contribution in [3.8, 4) is 0 Å². The number of hydrogen-bond acceptors (Lipinski definition) is 4. The first kappa shape index (κ1) is 14.1. The highest BCUT2D eigenvalue weighted by atomic mass is 32.2. The van der Waals surface area contributed by atoms with Crippen molar-refractivity contribution in [3.63, 3.8) is 0 Å². The molecule has 0 aromatic carbocycles.